The summed E-state index contributed by atoms with van der Waals surface area (Å²) >= 11 is 12.2. The molecular formula is C21H20Cl2N4O2. The molecule has 1 N–H and O–H groups in total. The Balaban J connectivity index is 1.35. The molecule has 0 radical (unpaired) electrons. The van der Waals surface area contributed by atoms with Gasteiger partial charge in [-0.3, -0.25) is 0 Å². The van der Waals surface area contributed by atoms with E-state index in [-0.39, 0.29) is 12.1 Å². The molecule has 8 heteroatoms. The van der Waals surface area contributed by atoms with Gasteiger partial charge in [0.2, 0.25) is 0 Å². The summed E-state index contributed by atoms with van der Waals surface area (Å²) in [7, 11) is 0. The molecule has 1 aliphatic rings. The molecule has 3 aromatic rings. The van der Waals surface area contributed by atoms with E-state index in [2.05, 4.69) is 10.4 Å². The second kappa shape index (κ2) is 8.86. The Morgan fingerprint density at radius 2 is 1.97 bits per heavy atom. The maximum absolute atomic E-state index is 12.6. The summed E-state index contributed by atoms with van der Waals surface area (Å²) in [5.74, 6) is 0. The van der Waals surface area contributed by atoms with E-state index in [1.807, 2.05) is 54.7 Å². The molecule has 2 heterocycles. The van der Waals surface area contributed by atoms with Crippen molar-refractivity contribution in [1.29, 1.82) is 0 Å². The molecule has 1 saturated heterocycles. The zero-order valence-corrected chi connectivity index (χ0v) is 17.1. The quantitative estimate of drug-likeness (QED) is 0.664. The fraction of sp³-hybridized carbons (Fsp3) is 0.238. The molecule has 1 unspecified atom stereocenters. The number of ether oxygens (including phenoxy) is 1. The minimum absolute atomic E-state index is 0.135. The third-order valence-electron chi connectivity index (χ3n) is 4.78. The predicted molar refractivity (Wildman–Crippen MR) is 113 cm³/mol. The van der Waals surface area contributed by atoms with Crippen LogP contribution in [0.3, 0.4) is 0 Å². The number of nitrogens with zero attached hydrogens (tertiary/aromatic N) is 3. The highest BCUT2D eigenvalue weighted by atomic mass is 35.5. The molecule has 2 amide bonds. The Hall–Kier alpha value is -2.54. The molecule has 0 spiro atoms. The molecule has 2 aromatic carbocycles. The van der Waals surface area contributed by atoms with Crippen LogP contribution in [0.2, 0.25) is 10.0 Å². The highest BCUT2D eigenvalue weighted by molar-refractivity contribution is 6.31. The second-order valence-electron chi connectivity index (χ2n) is 6.76. The maximum atomic E-state index is 12.6. The first-order chi connectivity index (χ1) is 14.1. The lowest BCUT2D eigenvalue weighted by Crippen LogP contribution is -2.47. The van der Waals surface area contributed by atoms with Crippen molar-refractivity contribution in [1.82, 2.24) is 20.0 Å². The number of benzene rings is 2. The van der Waals surface area contributed by atoms with E-state index < -0.39 is 0 Å². The fourth-order valence-corrected chi connectivity index (χ4v) is 3.62. The van der Waals surface area contributed by atoms with Crippen molar-refractivity contribution in [3.63, 3.8) is 0 Å². The topological polar surface area (TPSA) is 59.4 Å². The van der Waals surface area contributed by atoms with Gasteiger partial charge in [-0.1, -0.05) is 41.4 Å². The minimum atomic E-state index is -0.226. The average molecular weight is 431 g/mol. The normalized spacial score (nSPS) is 16.6. The van der Waals surface area contributed by atoms with Crippen LogP contribution in [0.1, 0.15) is 17.2 Å². The van der Waals surface area contributed by atoms with E-state index in [0.29, 0.717) is 36.3 Å². The number of morpholine rings is 1. The molecule has 150 valence electrons. The van der Waals surface area contributed by atoms with E-state index >= 15 is 0 Å². The standard InChI is InChI=1S/C21H20Cl2N4O2/c22-16-5-7-17(8-6-16)27-13-15(12-25-27)11-24-21(28)26-9-10-29-20(14-26)18-3-1-2-4-19(18)23/h1-8,12-13,20H,9-11,14H2,(H,24,28). The van der Waals surface area contributed by atoms with E-state index in [1.54, 1.807) is 15.8 Å². The molecule has 4 rings (SSSR count). The van der Waals surface area contributed by atoms with Gasteiger partial charge in [0, 0.05) is 40.5 Å². The number of urea groups is 1. The number of halogens is 2. The highest BCUT2D eigenvalue weighted by Crippen LogP contribution is 2.28. The molecule has 1 aromatic heterocycles. The fourth-order valence-electron chi connectivity index (χ4n) is 3.23. The third kappa shape index (κ3) is 4.72. The van der Waals surface area contributed by atoms with Crippen molar-refractivity contribution >= 4 is 29.2 Å². The van der Waals surface area contributed by atoms with Gasteiger partial charge in [0.05, 0.1) is 25.0 Å². The van der Waals surface area contributed by atoms with Gasteiger partial charge in [-0.25, -0.2) is 9.48 Å². The Bertz CT molecular complexity index is 990. The van der Waals surface area contributed by atoms with Crippen molar-refractivity contribution in [2.24, 2.45) is 0 Å². The first kappa shape index (κ1) is 19.8. The average Bonchev–Trinajstić information content (AvgIpc) is 3.22. The number of nitrogens with one attached hydrogen (secondary N) is 1. The number of rotatable bonds is 4. The molecule has 1 aliphatic heterocycles. The number of hydrogen-bond donors (Lipinski definition) is 1. The van der Waals surface area contributed by atoms with Crippen molar-refractivity contribution in [2.45, 2.75) is 12.6 Å². The van der Waals surface area contributed by atoms with Crippen molar-refractivity contribution in [2.75, 3.05) is 19.7 Å². The Morgan fingerprint density at radius 3 is 2.76 bits per heavy atom. The van der Waals surface area contributed by atoms with Gasteiger partial charge in [0.15, 0.2) is 0 Å². The molecule has 0 bridgehead atoms. The van der Waals surface area contributed by atoms with Crippen LogP contribution in [-0.2, 0) is 11.3 Å². The summed E-state index contributed by atoms with van der Waals surface area (Å²) in [5.41, 5.74) is 2.71. The van der Waals surface area contributed by atoms with E-state index in [1.165, 1.54) is 0 Å². The van der Waals surface area contributed by atoms with Crippen LogP contribution in [-0.4, -0.2) is 40.4 Å². The summed E-state index contributed by atoms with van der Waals surface area (Å²) in [4.78, 5) is 14.4. The zero-order chi connectivity index (χ0) is 20.2. The number of amides is 2. The van der Waals surface area contributed by atoms with Crippen LogP contribution in [0, 0.1) is 0 Å². The van der Waals surface area contributed by atoms with Crippen LogP contribution < -0.4 is 5.32 Å². The Labute approximate surface area is 179 Å². The predicted octanol–water partition coefficient (Wildman–Crippen LogP) is 4.46. The largest absolute Gasteiger partial charge is 0.370 e. The lowest BCUT2D eigenvalue weighted by molar-refractivity contribution is -0.0154. The van der Waals surface area contributed by atoms with Crippen molar-refractivity contribution in [3.05, 3.63) is 82.1 Å². The van der Waals surface area contributed by atoms with Gasteiger partial charge in [0.1, 0.15) is 6.10 Å². The number of aromatic nitrogens is 2. The van der Waals surface area contributed by atoms with Gasteiger partial charge in [-0.15, -0.1) is 0 Å². The van der Waals surface area contributed by atoms with Crippen LogP contribution in [0.4, 0.5) is 4.79 Å². The monoisotopic (exact) mass is 430 g/mol. The Morgan fingerprint density at radius 1 is 1.17 bits per heavy atom. The molecular weight excluding hydrogens is 411 g/mol. The summed E-state index contributed by atoms with van der Waals surface area (Å²) in [6.45, 7) is 1.86. The minimum Gasteiger partial charge on any atom is -0.370 e. The molecule has 0 saturated carbocycles. The zero-order valence-electron chi connectivity index (χ0n) is 15.6. The molecule has 29 heavy (non-hydrogen) atoms. The molecule has 0 aliphatic carbocycles. The lowest BCUT2D eigenvalue weighted by atomic mass is 10.1. The lowest BCUT2D eigenvalue weighted by Gasteiger charge is -2.33. The number of carbonyl (C=O) groups excluding carboxylic acids is 1. The summed E-state index contributed by atoms with van der Waals surface area (Å²) in [6.07, 6.45) is 3.40. The first-order valence-electron chi connectivity index (χ1n) is 9.28. The van der Waals surface area contributed by atoms with Crippen molar-refractivity contribution < 1.29 is 9.53 Å². The summed E-state index contributed by atoms with van der Waals surface area (Å²) < 4.78 is 7.57. The van der Waals surface area contributed by atoms with Gasteiger partial charge < -0.3 is 15.0 Å². The van der Waals surface area contributed by atoms with Crippen LogP contribution in [0.25, 0.3) is 5.69 Å². The van der Waals surface area contributed by atoms with E-state index in [4.69, 9.17) is 27.9 Å². The third-order valence-corrected chi connectivity index (χ3v) is 5.37. The molecule has 1 atom stereocenters. The molecule has 1 fully saturated rings. The number of hydrogen-bond acceptors (Lipinski definition) is 3. The van der Waals surface area contributed by atoms with Gasteiger partial charge in [0.25, 0.3) is 0 Å². The molecule has 6 nitrogen and oxygen atoms in total. The second-order valence-corrected chi connectivity index (χ2v) is 7.60. The smallest absolute Gasteiger partial charge is 0.317 e. The first-order valence-corrected chi connectivity index (χ1v) is 10.0. The number of carbonyl (C=O) groups is 1. The van der Waals surface area contributed by atoms with Gasteiger partial charge in [-0.2, -0.15) is 5.10 Å². The Kier molecular flexibility index (Phi) is 6.04. The van der Waals surface area contributed by atoms with Crippen molar-refractivity contribution in [3.8, 4) is 5.69 Å². The van der Waals surface area contributed by atoms with Gasteiger partial charge in [-0.05, 0) is 30.3 Å². The SMILES string of the molecule is O=C(NCc1cnn(-c2ccc(Cl)cc2)c1)N1CCOC(c2ccccc2Cl)C1. The van der Waals surface area contributed by atoms with Gasteiger partial charge >= 0.3 is 6.03 Å². The highest BCUT2D eigenvalue weighted by Gasteiger charge is 2.26. The maximum Gasteiger partial charge on any atom is 0.317 e. The van der Waals surface area contributed by atoms with E-state index in [0.717, 1.165) is 16.8 Å². The summed E-state index contributed by atoms with van der Waals surface area (Å²) in [6, 6.07) is 14.8. The van der Waals surface area contributed by atoms with E-state index in [9.17, 15) is 4.79 Å². The van der Waals surface area contributed by atoms with Crippen LogP contribution in [0.15, 0.2) is 60.9 Å². The van der Waals surface area contributed by atoms with Crippen LogP contribution >= 0.6 is 23.2 Å². The van der Waals surface area contributed by atoms with Crippen LogP contribution in [0.5, 0.6) is 0 Å². The summed E-state index contributed by atoms with van der Waals surface area (Å²) in [5, 5.41) is 8.62.